The number of hydrogen-bond acceptors (Lipinski definition) is 3. The molecule has 0 aliphatic heterocycles. The molecule has 0 unspecified atom stereocenters. The molecule has 33 heavy (non-hydrogen) atoms. The standard InChI is InChI=1S/C28H33N3O2/c1-19-16-24(31(2)23-11-9-22(10-12-23)21-6-4-3-5-7-21)13-15-26(19)30-27-14-8-20(18-29)17-25(27)28(32)33/h8-17,21,30H,3-7,18,29H2,1-2H3,(H,32,33)/p+1. The minimum Gasteiger partial charge on any atom is -0.478 e. The Bertz CT molecular complexity index is 1120. The largest absolute Gasteiger partial charge is 0.478 e. The van der Waals surface area contributed by atoms with Gasteiger partial charge < -0.3 is 21.1 Å². The van der Waals surface area contributed by atoms with Gasteiger partial charge in [0.05, 0.1) is 17.8 Å². The highest BCUT2D eigenvalue weighted by atomic mass is 16.4. The number of hydrogen-bond donors (Lipinski definition) is 3. The molecule has 5 heteroatoms. The summed E-state index contributed by atoms with van der Waals surface area (Å²) in [5.41, 5.74) is 11.2. The second-order valence-electron chi connectivity index (χ2n) is 9.04. The predicted octanol–water partition coefficient (Wildman–Crippen LogP) is 5.99. The molecule has 3 aromatic rings. The van der Waals surface area contributed by atoms with Crippen LogP contribution in [-0.4, -0.2) is 18.1 Å². The highest BCUT2D eigenvalue weighted by Gasteiger charge is 2.16. The van der Waals surface area contributed by atoms with E-state index in [1.807, 2.05) is 25.1 Å². The van der Waals surface area contributed by atoms with Crippen LogP contribution in [0.2, 0.25) is 0 Å². The molecule has 0 bridgehead atoms. The molecule has 0 amide bonds. The second kappa shape index (κ2) is 10.1. The van der Waals surface area contributed by atoms with Crippen molar-refractivity contribution in [1.29, 1.82) is 0 Å². The highest BCUT2D eigenvalue weighted by Crippen LogP contribution is 2.35. The van der Waals surface area contributed by atoms with Gasteiger partial charge in [0, 0.05) is 29.7 Å². The lowest BCUT2D eigenvalue weighted by molar-refractivity contribution is -0.386. The monoisotopic (exact) mass is 444 g/mol. The van der Waals surface area contributed by atoms with Crippen molar-refractivity contribution in [2.24, 2.45) is 0 Å². The van der Waals surface area contributed by atoms with Gasteiger partial charge in [0.25, 0.3) is 0 Å². The van der Waals surface area contributed by atoms with E-state index in [0.29, 0.717) is 18.2 Å². The number of aromatic carboxylic acids is 1. The van der Waals surface area contributed by atoms with Crippen LogP contribution in [-0.2, 0) is 6.54 Å². The third kappa shape index (κ3) is 5.20. The van der Waals surface area contributed by atoms with Crippen LogP contribution in [0.4, 0.5) is 22.7 Å². The number of rotatable bonds is 7. The van der Waals surface area contributed by atoms with E-state index in [1.165, 1.54) is 37.7 Å². The average Bonchev–Trinajstić information content (AvgIpc) is 2.85. The molecular formula is C28H34N3O2+. The first-order valence-electron chi connectivity index (χ1n) is 11.8. The smallest absolute Gasteiger partial charge is 0.337 e. The molecule has 5 nitrogen and oxygen atoms in total. The van der Waals surface area contributed by atoms with E-state index in [0.717, 1.165) is 28.2 Å². The fraction of sp³-hybridized carbons (Fsp3) is 0.321. The summed E-state index contributed by atoms with van der Waals surface area (Å²) in [5.74, 6) is -0.234. The Kier molecular flexibility index (Phi) is 6.99. The van der Waals surface area contributed by atoms with E-state index in [4.69, 9.17) is 0 Å². The van der Waals surface area contributed by atoms with Crippen molar-refractivity contribution in [3.63, 3.8) is 0 Å². The maximum Gasteiger partial charge on any atom is 0.337 e. The Labute approximate surface area is 196 Å². The minimum absolute atomic E-state index is 0.259. The van der Waals surface area contributed by atoms with Crippen molar-refractivity contribution in [3.8, 4) is 0 Å². The van der Waals surface area contributed by atoms with Crippen LogP contribution in [0.3, 0.4) is 0 Å². The van der Waals surface area contributed by atoms with E-state index in [9.17, 15) is 9.90 Å². The lowest BCUT2D eigenvalue weighted by Gasteiger charge is -2.24. The van der Waals surface area contributed by atoms with Crippen molar-refractivity contribution in [2.75, 3.05) is 17.3 Å². The fourth-order valence-corrected chi connectivity index (χ4v) is 4.73. The molecule has 1 fully saturated rings. The Morgan fingerprint density at radius 3 is 2.27 bits per heavy atom. The molecule has 0 spiro atoms. The minimum atomic E-state index is -0.946. The van der Waals surface area contributed by atoms with Crippen LogP contribution < -0.4 is 16.0 Å². The lowest BCUT2D eigenvalue weighted by atomic mass is 9.84. The number of anilines is 4. The Balaban J connectivity index is 1.51. The van der Waals surface area contributed by atoms with Crippen molar-refractivity contribution in [2.45, 2.75) is 51.5 Å². The van der Waals surface area contributed by atoms with Gasteiger partial charge in [-0.05, 0) is 79.3 Å². The zero-order chi connectivity index (χ0) is 23.4. The summed E-state index contributed by atoms with van der Waals surface area (Å²) in [5, 5.41) is 12.9. The molecule has 1 aliphatic carbocycles. The molecular weight excluding hydrogens is 410 g/mol. The Morgan fingerprint density at radius 1 is 0.970 bits per heavy atom. The molecule has 0 saturated heterocycles. The summed E-state index contributed by atoms with van der Waals surface area (Å²) in [6.45, 7) is 2.60. The predicted molar refractivity (Wildman–Crippen MR) is 135 cm³/mol. The zero-order valence-corrected chi connectivity index (χ0v) is 19.6. The number of nitrogens with zero attached hydrogens (tertiary/aromatic N) is 1. The molecule has 4 rings (SSSR count). The molecule has 172 valence electrons. The Morgan fingerprint density at radius 2 is 1.64 bits per heavy atom. The van der Waals surface area contributed by atoms with Crippen LogP contribution in [0.5, 0.6) is 0 Å². The lowest BCUT2D eigenvalue weighted by Crippen LogP contribution is -2.47. The molecule has 5 N–H and O–H groups in total. The van der Waals surface area contributed by atoms with Crippen LogP contribution >= 0.6 is 0 Å². The summed E-state index contributed by atoms with van der Waals surface area (Å²) in [7, 11) is 2.08. The van der Waals surface area contributed by atoms with E-state index in [-0.39, 0.29) is 5.56 Å². The number of aryl methyl sites for hydroxylation is 1. The molecule has 0 aromatic heterocycles. The van der Waals surface area contributed by atoms with Crippen LogP contribution in [0, 0.1) is 6.92 Å². The summed E-state index contributed by atoms with van der Waals surface area (Å²) in [4.78, 5) is 13.9. The van der Waals surface area contributed by atoms with Crippen LogP contribution in [0.1, 0.15) is 65.1 Å². The number of carboxylic acids is 1. The molecule has 0 heterocycles. The first-order valence-corrected chi connectivity index (χ1v) is 11.8. The quantitative estimate of drug-likeness (QED) is 0.418. The number of nitrogens with one attached hydrogen (secondary N) is 1. The van der Waals surface area contributed by atoms with E-state index < -0.39 is 5.97 Å². The SMILES string of the molecule is Cc1cc(N(C)c2ccc(C3CCCCC3)cc2)ccc1Nc1ccc(C[NH3+])cc1C(=O)O. The van der Waals surface area contributed by atoms with Gasteiger partial charge in [0.2, 0.25) is 0 Å². The molecule has 1 saturated carbocycles. The van der Waals surface area contributed by atoms with Gasteiger partial charge in [0.15, 0.2) is 0 Å². The number of carbonyl (C=O) groups is 1. The van der Waals surface area contributed by atoms with Gasteiger partial charge in [-0.3, -0.25) is 0 Å². The topological polar surface area (TPSA) is 80.2 Å². The maximum absolute atomic E-state index is 11.7. The molecule has 1 aliphatic rings. The van der Waals surface area contributed by atoms with Gasteiger partial charge >= 0.3 is 5.97 Å². The normalized spacial score (nSPS) is 14.2. The van der Waals surface area contributed by atoms with Crippen LogP contribution in [0.15, 0.2) is 60.7 Å². The van der Waals surface area contributed by atoms with Crippen molar-refractivity contribution in [1.82, 2.24) is 0 Å². The molecule has 0 atom stereocenters. The summed E-state index contributed by atoms with van der Waals surface area (Å²) in [6.07, 6.45) is 6.69. The first kappa shape index (κ1) is 22.9. The van der Waals surface area contributed by atoms with Gasteiger partial charge in [0.1, 0.15) is 0 Å². The zero-order valence-electron chi connectivity index (χ0n) is 19.6. The van der Waals surface area contributed by atoms with Gasteiger partial charge in [-0.1, -0.05) is 37.5 Å². The van der Waals surface area contributed by atoms with E-state index in [2.05, 4.69) is 59.4 Å². The van der Waals surface area contributed by atoms with Crippen molar-refractivity contribution < 1.29 is 15.6 Å². The fourth-order valence-electron chi connectivity index (χ4n) is 4.73. The number of quaternary nitrogens is 1. The third-order valence-electron chi connectivity index (χ3n) is 6.83. The summed E-state index contributed by atoms with van der Waals surface area (Å²) >= 11 is 0. The summed E-state index contributed by atoms with van der Waals surface area (Å²) in [6, 6.07) is 20.6. The Hall–Kier alpha value is -3.31. The second-order valence-corrected chi connectivity index (χ2v) is 9.04. The van der Waals surface area contributed by atoms with E-state index >= 15 is 0 Å². The maximum atomic E-state index is 11.7. The molecule has 0 radical (unpaired) electrons. The van der Waals surface area contributed by atoms with Crippen molar-refractivity contribution in [3.05, 3.63) is 82.9 Å². The van der Waals surface area contributed by atoms with Crippen LogP contribution in [0.25, 0.3) is 0 Å². The van der Waals surface area contributed by atoms with Gasteiger partial charge in [-0.15, -0.1) is 0 Å². The van der Waals surface area contributed by atoms with E-state index in [1.54, 1.807) is 6.07 Å². The highest BCUT2D eigenvalue weighted by molar-refractivity contribution is 5.95. The summed E-state index contributed by atoms with van der Waals surface area (Å²) < 4.78 is 0. The average molecular weight is 445 g/mol. The van der Waals surface area contributed by atoms with Gasteiger partial charge in [-0.2, -0.15) is 0 Å². The first-order chi connectivity index (χ1) is 16.0. The van der Waals surface area contributed by atoms with Gasteiger partial charge in [-0.25, -0.2) is 4.79 Å². The molecule has 3 aromatic carbocycles. The number of carboxylic acid groups (broad SMARTS) is 1. The third-order valence-corrected chi connectivity index (χ3v) is 6.83. The van der Waals surface area contributed by atoms with Crippen molar-refractivity contribution >= 4 is 28.7 Å². The number of benzene rings is 3.